The Hall–Kier alpha value is -0.920. The molecule has 0 aromatic carbocycles. The number of hydrogen-bond donors (Lipinski definition) is 1. The van der Waals surface area contributed by atoms with Gasteiger partial charge in [-0.3, -0.25) is 0 Å². The summed E-state index contributed by atoms with van der Waals surface area (Å²) in [5.41, 5.74) is 0. The van der Waals surface area contributed by atoms with Gasteiger partial charge in [0.15, 0.2) is 0 Å². The van der Waals surface area contributed by atoms with Gasteiger partial charge in [0.25, 0.3) is 0 Å². The highest BCUT2D eigenvalue weighted by molar-refractivity contribution is 7.89. The molecule has 1 heterocycles. The third-order valence-corrected chi connectivity index (χ3v) is 4.78. The number of hydrogen-bond acceptors (Lipinski definition) is 5. The summed E-state index contributed by atoms with van der Waals surface area (Å²) in [6.07, 6.45) is 1.72. The van der Waals surface area contributed by atoms with Crippen LogP contribution in [0, 0.1) is 0 Å². The summed E-state index contributed by atoms with van der Waals surface area (Å²) in [4.78, 5) is 11.5. The number of ether oxygens (including phenoxy) is 1. The molecule has 1 aliphatic rings. The molecule has 0 bridgehead atoms. The summed E-state index contributed by atoms with van der Waals surface area (Å²) in [6, 6.07) is 1.44. The highest BCUT2D eigenvalue weighted by atomic mass is 32.2. The number of sulfonamides is 1. The van der Waals surface area contributed by atoms with E-state index in [1.54, 1.807) is 5.38 Å². The van der Waals surface area contributed by atoms with Crippen LogP contribution in [-0.4, -0.2) is 27.5 Å². The number of carbonyl (C=O) groups excluding carboxylic acids is 1. The normalized spacial score (nSPS) is 16.1. The van der Waals surface area contributed by atoms with E-state index in [1.165, 1.54) is 13.2 Å². The molecular weight excluding hydrogens is 250 g/mol. The van der Waals surface area contributed by atoms with Crippen molar-refractivity contribution in [1.29, 1.82) is 0 Å². The first-order chi connectivity index (χ1) is 7.54. The number of nitrogens with one attached hydrogen (secondary N) is 1. The van der Waals surface area contributed by atoms with E-state index >= 15 is 0 Å². The zero-order valence-corrected chi connectivity index (χ0v) is 10.2. The predicted octanol–water partition coefficient (Wildman–Crippen LogP) is 0.975. The van der Waals surface area contributed by atoms with Gasteiger partial charge in [0.1, 0.15) is 9.77 Å². The van der Waals surface area contributed by atoms with Gasteiger partial charge in [-0.05, 0) is 24.3 Å². The number of rotatable bonds is 4. The minimum Gasteiger partial charge on any atom is -0.465 e. The molecule has 0 aliphatic heterocycles. The molecule has 1 aromatic heterocycles. The van der Waals surface area contributed by atoms with Crippen LogP contribution in [0.4, 0.5) is 0 Å². The smallest absolute Gasteiger partial charge is 0.349 e. The Balaban J connectivity index is 2.32. The van der Waals surface area contributed by atoms with E-state index in [4.69, 9.17) is 0 Å². The van der Waals surface area contributed by atoms with Gasteiger partial charge >= 0.3 is 5.97 Å². The van der Waals surface area contributed by atoms with Crippen molar-refractivity contribution in [2.45, 2.75) is 23.8 Å². The van der Waals surface area contributed by atoms with Crippen LogP contribution >= 0.6 is 11.3 Å². The van der Waals surface area contributed by atoms with Crippen LogP contribution in [0.25, 0.3) is 0 Å². The molecule has 7 heteroatoms. The first-order valence-electron chi connectivity index (χ1n) is 4.73. The molecular formula is C9H11NO4S2. The third-order valence-electron chi connectivity index (χ3n) is 2.19. The van der Waals surface area contributed by atoms with E-state index in [9.17, 15) is 13.2 Å². The Morgan fingerprint density at radius 3 is 2.81 bits per heavy atom. The van der Waals surface area contributed by atoms with Crippen LogP contribution in [0.3, 0.4) is 0 Å². The van der Waals surface area contributed by atoms with Crippen molar-refractivity contribution in [2.75, 3.05) is 7.11 Å². The average molecular weight is 261 g/mol. The molecule has 1 saturated carbocycles. The molecule has 88 valence electrons. The maximum Gasteiger partial charge on any atom is 0.349 e. The van der Waals surface area contributed by atoms with Gasteiger partial charge in [0.05, 0.1) is 7.11 Å². The van der Waals surface area contributed by atoms with Gasteiger partial charge < -0.3 is 4.74 Å². The van der Waals surface area contributed by atoms with Gasteiger partial charge in [-0.15, -0.1) is 11.3 Å². The fourth-order valence-corrected chi connectivity index (χ4v) is 3.87. The summed E-state index contributed by atoms with van der Waals surface area (Å²) >= 11 is 1.06. The Labute approximate surface area is 97.5 Å². The van der Waals surface area contributed by atoms with E-state index in [-0.39, 0.29) is 15.8 Å². The molecule has 0 unspecified atom stereocenters. The molecule has 1 aliphatic carbocycles. The Bertz CT molecular complexity index is 501. The summed E-state index contributed by atoms with van der Waals surface area (Å²) in [5, 5.41) is 1.56. The lowest BCUT2D eigenvalue weighted by Crippen LogP contribution is -2.26. The summed E-state index contributed by atoms with van der Waals surface area (Å²) in [5.74, 6) is -0.619. The van der Waals surface area contributed by atoms with Crippen molar-refractivity contribution < 1.29 is 17.9 Å². The van der Waals surface area contributed by atoms with Crippen LogP contribution < -0.4 is 4.72 Å². The van der Waals surface area contributed by atoms with Crippen molar-refractivity contribution in [2.24, 2.45) is 0 Å². The summed E-state index contributed by atoms with van der Waals surface area (Å²) in [6.45, 7) is 0. The number of esters is 1. The molecule has 0 spiro atoms. The number of carbonyl (C=O) groups is 1. The molecule has 1 aromatic rings. The lowest BCUT2D eigenvalue weighted by Gasteiger charge is -2.05. The molecule has 0 radical (unpaired) electrons. The van der Waals surface area contributed by atoms with Gasteiger partial charge in [0, 0.05) is 6.04 Å². The Kier molecular flexibility index (Phi) is 3.00. The maximum atomic E-state index is 11.9. The first kappa shape index (κ1) is 11.6. The van der Waals surface area contributed by atoms with Crippen LogP contribution in [-0.2, 0) is 14.8 Å². The fourth-order valence-electron chi connectivity index (χ4n) is 1.23. The van der Waals surface area contributed by atoms with E-state index in [0.29, 0.717) is 0 Å². The van der Waals surface area contributed by atoms with Crippen molar-refractivity contribution in [3.8, 4) is 0 Å². The zero-order valence-electron chi connectivity index (χ0n) is 8.60. The number of thiophene rings is 1. The standard InChI is InChI=1S/C9H11NO4S2/c1-14-9(11)8-7(4-5-15-8)16(12,13)10-6-2-3-6/h4-6,10H,2-3H2,1H3. The molecule has 0 amide bonds. The van der Waals surface area contributed by atoms with Gasteiger partial charge in [-0.1, -0.05) is 0 Å². The van der Waals surface area contributed by atoms with E-state index in [1.807, 2.05) is 0 Å². The Morgan fingerprint density at radius 2 is 2.25 bits per heavy atom. The first-order valence-corrected chi connectivity index (χ1v) is 7.09. The van der Waals surface area contributed by atoms with Crippen molar-refractivity contribution >= 4 is 27.3 Å². The molecule has 1 fully saturated rings. The van der Waals surface area contributed by atoms with Crippen LogP contribution in [0.1, 0.15) is 22.5 Å². The highest BCUT2D eigenvalue weighted by Gasteiger charge is 2.31. The quantitative estimate of drug-likeness (QED) is 0.820. The van der Waals surface area contributed by atoms with E-state index < -0.39 is 16.0 Å². The minimum atomic E-state index is -3.58. The monoisotopic (exact) mass is 261 g/mol. The SMILES string of the molecule is COC(=O)c1sccc1S(=O)(=O)NC1CC1. The molecule has 5 nitrogen and oxygen atoms in total. The van der Waals surface area contributed by atoms with E-state index in [2.05, 4.69) is 9.46 Å². The van der Waals surface area contributed by atoms with Crippen molar-refractivity contribution in [3.05, 3.63) is 16.3 Å². The van der Waals surface area contributed by atoms with Crippen molar-refractivity contribution in [1.82, 2.24) is 4.72 Å². The lowest BCUT2D eigenvalue weighted by atomic mass is 10.5. The van der Waals surface area contributed by atoms with Crippen LogP contribution in [0.15, 0.2) is 16.3 Å². The topological polar surface area (TPSA) is 72.5 Å². The summed E-state index contributed by atoms with van der Waals surface area (Å²) in [7, 11) is -2.35. The average Bonchev–Trinajstić information content (AvgIpc) is 2.88. The number of methoxy groups -OCH3 is 1. The predicted molar refractivity (Wildman–Crippen MR) is 59.0 cm³/mol. The lowest BCUT2D eigenvalue weighted by molar-refractivity contribution is 0.0602. The third kappa shape index (κ3) is 2.26. The molecule has 16 heavy (non-hydrogen) atoms. The minimum absolute atomic E-state index is 0.0104. The second-order valence-corrected chi connectivity index (χ2v) is 6.10. The van der Waals surface area contributed by atoms with Gasteiger partial charge in [0.2, 0.25) is 10.0 Å². The molecule has 0 atom stereocenters. The molecule has 1 N–H and O–H groups in total. The van der Waals surface area contributed by atoms with Crippen LogP contribution in [0.5, 0.6) is 0 Å². The Morgan fingerprint density at radius 1 is 1.56 bits per heavy atom. The molecule has 2 rings (SSSR count). The highest BCUT2D eigenvalue weighted by Crippen LogP contribution is 2.26. The van der Waals surface area contributed by atoms with Gasteiger partial charge in [-0.2, -0.15) is 0 Å². The molecule has 0 saturated heterocycles. The summed E-state index contributed by atoms with van der Waals surface area (Å²) < 4.78 is 30.8. The van der Waals surface area contributed by atoms with E-state index in [0.717, 1.165) is 24.2 Å². The van der Waals surface area contributed by atoms with Gasteiger partial charge in [-0.25, -0.2) is 17.9 Å². The second-order valence-electron chi connectivity index (χ2n) is 3.50. The van der Waals surface area contributed by atoms with Crippen LogP contribution in [0.2, 0.25) is 0 Å². The second kappa shape index (κ2) is 4.15. The largest absolute Gasteiger partial charge is 0.465 e. The fraction of sp³-hybridized carbons (Fsp3) is 0.444. The maximum absolute atomic E-state index is 11.9. The van der Waals surface area contributed by atoms with Crippen molar-refractivity contribution in [3.63, 3.8) is 0 Å². The zero-order chi connectivity index (χ0) is 11.8.